The zero-order valence-corrected chi connectivity index (χ0v) is 12.4. The standard InChI is InChI=1S/C17H21ClO/c1-17(2)9-19-14-7-6-10(8-13(14)17)16(18)15-11-4-3-5-12(11)15/h6-8,11-12,15-16H,3-5,9H2,1-2H3. The van der Waals surface area contributed by atoms with E-state index in [2.05, 4.69) is 32.0 Å². The molecule has 1 aliphatic heterocycles. The van der Waals surface area contributed by atoms with E-state index in [0.29, 0.717) is 0 Å². The van der Waals surface area contributed by atoms with Crippen LogP contribution in [0.5, 0.6) is 5.75 Å². The molecule has 2 aliphatic carbocycles. The third kappa shape index (κ3) is 1.74. The van der Waals surface area contributed by atoms with Gasteiger partial charge in [-0.25, -0.2) is 0 Å². The highest BCUT2D eigenvalue weighted by molar-refractivity contribution is 6.21. The molecule has 0 N–H and O–H groups in total. The minimum Gasteiger partial charge on any atom is -0.492 e. The van der Waals surface area contributed by atoms with Gasteiger partial charge in [0.15, 0.2) is 0 Å². The van der Waals surface area contributed by atoms with Crippen molar-refractivity contribution < 1.29 is 4.74 Å². The van der Waals surface area contributed by atoms with Crippen molar-refractivity contribution >= 4 is 11.6 Å². The van der Waals surface area contributed by atoms with Crippen molar-refractivity contribution in [2.45, 2.75) is 43.9 Å². The van der Waals surface area contributed by atoms with Gasteiger partial charge in [-0.05, 0) is 48.3 Å². The summed E-state index contributed by atoms with van der Waals surface area (Å²) in [5.74, 6) is 3.62. The molecule has 4 rings (SSSR count). The van der Waals surface area contributed by atoms with Crippen molar-refractivity contribution in [3.05, 3.63) is 29.3 Å². The van der Waals surface area contributed by atoms with Crippen molar-refractivity contribution in [1.82, 2.24) is 0 Å². The van der Waals surface area contributed by atoms with Crippen molar-refractivity contribution in [3.63, 3.8) is 0 Å². The van der Waals surface area contributed by atoms with Crippen LogP contribution in [-0.4, -0.2) is 6.61 Å². The molecule has 3 aliphatic rings. The van der Waals surface area contributed by atoms with Crippen LogP contribution in [0.25, 0.3) is 0 Å². The van der Waals surface area contributed by atoms with E-state index in [4.69, 9.17) is 16.3 Å². The van der Waals surface area contributed by atoms with Crippen LogP contribution in [0, 0.1) is 17.8 Å². The normalized spacial score (nSPS) is 35.4. The molecule has 0 bridgehead atoms. The molecule has 0 amide bonds. The number of benzene rings is 1. The van der Waals surface area contributed by atoms with E-state index < -0.39 is 0 Å². The second kappa shape index (κ2) is 3.91. The first-order valence-corrected chi connectivity index (χ1v) is 7.93. The Labute approximate surface area is 120 Å². The maximum Gasteiger partial charge on any atom is 0.123 e. The summed E-state index contributed by atoms with van der Waals surface area (Å²) in [7, 11) is 0. The van der Waals surface area contributed by atoms with Crippen molar-refractivity contribution in [3.8, 4) is 5.75 Å². The SMILES string of the molecule is CC1(C)COc2ccc(C(Cl)C3C4CCCC43)cc21. The fraction of sp³-hybridized carbons (Fsp3) is 0.647. The first-order chi connectivity index (χ1) is 9.08. The van der Waals surface area contributed by atoms with Gasteiger partial charge < -0.3 is 4.74 Å². The predicted octanol–water partition coefficient (Wildman–Crippen LogP) is 4.68. The molecule has 0 spiro atoms. The molecule has 3 unspecified atom stereocenters. The summed E-state index contributed by atoms with van der Waals surface area (Å²) in [5, 5.41) is 0.206. The molecule has 1 aromatic carbocycles. The fourth-order valence-corrected chi connectivity index (χ4v) is 4.75. The first-order valence-electron chi connectivity index (χ1n) is 7.49. The molecule has 1 heterocycles. The number of rotatable bonds is 2. The van der Waals surface area contributed by atoms with Gasteiger partial charge in [-0.1, -0.05) is 26.3 Å². The number of ether oxygens (including phenoxy) is 1. The zero-order valence-electron chi connectivity index (χ0n) is 11.7. The summed E-state index contributed by atoms with van der Waals surface area (Å²) in [4.78, 5) is 0. The summed E-state index contributed by atoms with van der Waals surface area (Å²) in [6.07, 6.45) is 4.22. The fourth-order valence-electron chi connectivity index (χ4n) is 4.24. The average molecular weight is 277 g/mol. The average Bonchev–Trinajstić information content (AvgIpc) is 2.74. The van der Waals surface area contributed by atoms with Crippen molar-refractivity contribution in [2.24, 2.45) is 17.8 Å². The van der Waals surface area contributed by atoms with Crippen LogP contribution in [0.1, 0.15) is 49.6 Å². The lowest BCUT2D eigenvalue weighted by Gasteiger charge is -2.18. The molecule has 2 heteroatoms. The second-order valence-electron chi connectivity index (χ2n) is 7.17. The van der Waals surface area contributed by atoms with Crippen LogP contribution in [0.2, 0.25) is 0 Å². The van der Waals surface area contributed by atoms with Gasteiger partial charge in [0, 0.05) is 11.0 Å². The van der Waals surface area contributed by atoms with Gasteiger partial charge in [0.2, 0.25) is 0 Å². The molecule has 19 heavy (non-hydrogen) atoms. The topological polar surface area (TPSA) is 9.23 Å². The van der Waals surface area contributed by atoms with E-state index in [-0.39, 0.29) is 10.8 Å². The van der Waals surface area contributed by atoms with E-state index in [1.54, 1.807) is 0 Å². The number of fused-ring (bicyclic) bond motifs is 2. The molecule has 3 atom stereocenters. The summed E-state index contributed by atoms with van der Waals surface area (Å²) in [6, 6.07) is 6.59. The number of alkyl halides is 1. The minimum absolute atomic E-state index is 0.126. The van der Waals surface area contributed by atoms with Crippen molar-refractivity contribution in [2.75, 3.05) is 6.61 Å². The first kappa shape index (κ1) is 12.1. The summed E-state index contributed by atoms with van der Waals surface area (Å²) in [5.41, 5.74) is 2.77. The highest BCUT2D eigenvalue weighted by atomic mass is 35.5. The number of hydrogen-bond donors (Lipinski definition) is 0. The Balaban J connectivity index is 1.62. The van der Waals surface area contributed by atoms with Crippen LogP contribution in [0.15, 0.2) is 18.2 Å². The molecule has 0 aromatic heterocycles. The Hall–Kier alpha value is -0.690. The summed E-state index contributed by atoms with van der Waals surface area (Å²) >= 11 is 6.76. The van der Waals surface area contributed by atoms with E-state index >= 15 is 0 Å². The van der Waals surface area contributed by atoms with Gasteiger partial charge in [0.05, 0.1) is 12.0 Å². The lowest BCUT2D eigenvalue weighted by Crippen LogP contribution is -2.18. The zero-order chi connectivity index (χ0) is 13.2. The molecule has 0 saturated heterocycles. The molecule has 2 fully saturated rings. The third-order valence-corrected chi connectivity index (χ3v) is 5.99. The lowest BCUT2D eigenvalue weighted by atomic mass is 9.85. The van der Waals surface area contributed by atoms with Gasteiger partial charge in [0.25, 0.3) is 0 Å². The molecule has 2 saturated carbocycles. The smallest absolute Gasteiger partial charge is 0.123 e. The van der Waals surface area contributed by atoms with Crippen LogP contribution in [0.3, 0.4) is 0 Å². The van der Waals surface area contributed by atoms with Gasteiger partial charge in [-0.3, -0.25) is 0 Å². The largest absolute Gasteiger partial charge is 0.492 e. The minimum atomic E-state index is 0.126. The van der Waals surface area contributed by atoms with Crippen LogP contribution >= 0.6 is 11.6 Å². The second-order valence-corrected chi connectivity index (χ2v) is 7.64. The Kier molecular flexibility index (Phi) is 2.49. The highest BCUT2D eigenvalue weighted by Gasteiger charge is 2.55. The van der Waals surface area contributed by atoms with Gasteiger partial charge in [-0.15, -0.1) is 11.6 Å². The van der Waals surface area contributed by atoms with Gasteiger partial charge in [-0.2, -0.15) is 0 Å². The van der Waals surface area contributed by atoms with Crippen LogP contribution in [-0.2, 0) is 5.41 Å². The number of hydrogen-bond acceptors (Lipinski definition) is 1. The highest BCUT2D eigenvalue weighted by Crippen LogP contribution is 2.64. The van der Waals surface area contributed by atoms with E-state index in [0.717, 1.165) is 30.1 Å². The maximum absolute atomic E-state index is 6.76. The Morgan fingerprint density at radius 1 is 1.26 bits per heavy atom. The molecule has 1 nitrogen and oxygen atoms in total. The van der Waals surface area contributed by atoms with E-state index in [1.165, 1.54) is 30.4 Å². The Morgan fingerprint density at radius 2 is 2.00 bits per heavy atom. The monoisotopic (exact) mass is 276 g/mol. The third-order valence-electron chi connectivity index (χ3n) is 5.45. The molecule has 1 aromatic rings. The molecule has 0 radical (unpaired) electrons. The van der Waals surface area contributed by atoms with Crippen LogP contribution in [0.4, 0.5) is 0 Å². The Bertz CT molecular complexity index is 512. The number of halogens is 1. The van der Waals surface area contributed by atoms with Gasteiger partial charge in [0.1, 0.15) is 5.75 Å². The predicted molar refractivity (Wildman–Crippen MR) is 77.9 cm³/mol. The molecular formula is C17H21ClO. The Morgan fingerprint density at radius 3 is 2.74 bits per heavy atom. The van der Waals surface area contributed by atoms with E-state index in [1.807, 2.05) is 0 Å². The van der Waals surface area contributed by atoms with Crippen molar-refractivity contribution in [1.29, 1.82) is 0 Å². The molecule has 102 valence electrons. The summed E-state index contributed by atoms with van der Waals surface area (Å²) in [6.45, 7) is 5.28. The summed E-state index contributed by atoms with van der Waals surface area (Å²) < 4.78 is 5.76. The van der Waals surface area contributed by atoms with E-state index in [9.17, 15) is 0 Å². The lowest BCUT2D eigenvalue weighted by molar-refractivity contribution is 0.291. The maximum atomic E-state index is 6.76. The molecular weight excluding hydrogens is 256 g/mol. The quantitative estimate of drug-likeness (QED) is 0.713. The van der Waals surface area contributed by atoms with Crippen LogP contribution < -0.4 is 4.74 Å². The van der Waals surface area contributed by atoms with Gasteiger partial charge >= 0.3 is 0 Å².